The normalized spacial score (nSPS) is 46.9. The Balaban J connectivity index is 1.56. The van der Waals surface area contributed by atoms with Gasteiger partial charge in [-0.05, 0) is 73.8 Å². The molecule has 0 bridgehead atoms. The first-order valence-electron chi connectivity index (χ1n) is 11.7. The first-order valence-corrected chi connectivity index (χ1v) is 11.7. The Bertz CT molecular complexity index is 793. The Kier molecular flexibility index (Phi) is 4.68. The molecule has 4 unspecified atom stereocenters. The van der Waals surface area contributed by atoms with Crippen molar-refractivity contribution < 1.29 is 24.1 Å². The minimum atomic E-state index is -0.590. The third-order valence-corrected chi connectivity index (χ3v) is 9.62. The quantitative estimate of drug-likeness (QED) is 0.647. The summed E-state index contributed by atoms with van der Waals surface area (Å²) in [5, 5.41) is 10.1. The second-order valence-corrected chi connectivity index (χ2v) is 10.9. The summed E-state index contributed by atoms with van der Waals surface area (Å²) in [6.07, 6.45) is 10.0. The number of hydrogen-bond acceptors (Lipinski definition) is 5. The van der Waals surface area contributed by atoms with E-state index in [9.17, 15) is 9.90 Å². The molecule has 0 spiro atoms. The number of aliphatic hydroxyl groups is 1. The van der Waals surface area contributed by atoms with Crippen LogP contribution in [0.1, 0.15) is 66.2 Å². The molecule has 30 heavy (non-hydrogen) atoms. The molecular formula is C25H36O5. The highest BCUT2D eigenvalue weighted by Gasteiger charge is 2.67. The predicted molar refractivity (Wildman–Crippen MR) is 113 cm³/mol. The molecule has 5 heteroatoms. The first-order chi connectivity index (χ1) is 14.2. The van der Waals surface area contributed by atoms with Crippen LogP contribution >= 0.6 is 0 Å². The van der Waals surface area contributed by atoms with E-state index in [1.165, 1.54) is 12.5 Å². The molecule has 5 nitrogen and oxygen atoms in total. The molecule has 0 aromatic heterocycles. The number of carbonyl (C=O) groups is 1. The molecule has 1 saturated heterocycles. The largest absolute Gasteiger partial charge is 0.512 e. The molecule has 4 aliphatic carbocycles. The second-order valence-electron chi connectivity index (χ2n) is 10.9. The van der Waals surface area contributed by atoms with Gasteiger partial charge in [0.1, 0.15) is 6.10 Å². The van der Waals surface area contributed by atoms with E-state index in [-0.39, 0.29) is 28.8 Å². The van der Waals surface area contributed by atoms with Crippen LogP contribution in [0.3, 0.4) is 0 Å². The fourth-order valence-electron chi connectivity index (χ4n) is 8.20. The van der Waals surface area contributed by atoms with Crippen molar-refractivity contribution in [1.82, 2.24) is 0 Å². The van der Waals surface area contributed by atoms with Crippen LogP contribution in [0.5, 0.6) is 0 Å². The summed E-state index contributed by atoms with van der Waals surface area (Å²) in [6.45, 7) is 9.60. The average molecular weight is 417 g/mol. The summed E-state index contributed by atoms with van der Waals surface area (Å²) in [7, 11) is 0. The molecule has 2 saturated carbocycles. The van der Waals surface area contributed by atoms with Crippen molar-refractivity contribution in [3.8, 4) is 0 Å². The number of ether oxygens (including phenoxy) is 3. The summed E-state index contributed by atoms with van der Waals surface area (Å²) >= 11 is 0. The fourth-order valence-corrected chi connectivity index (χ4v) is 8.20. The smallest absolute Gasteiger partial charge is 0.302 e. The standard InChI is InChI=1S/C25H36O5/c1-15(26)30-22-14-20-18(6-5-16-13-17(27)9-10-23(16,20)2)19-7-8-21(24(19,22)3)25(4)28-11-12-29-25/h5,13,18-22,27H,6-12,14H2,1-4H3/t18?,19?,20?,21?,22-,23+,24+/m1/s1. The SMILES string of the molecule is CC(=O)O[C@@H]1CC2C(CC=C3C=C(O)CC[C@@]32C)C2CCC(C3(C)OCCO3)[C@]21C. The van der Waals surface area contributed by atoms with Gasteiger partial charge in [0.25, 0.3) is 0 Å². The van der Waals surface area contributed by atoms with Gasteiger partial charge >= 0.3 is 5.97 Å². The summed E-state index contributed by atoms with van der Waals surface area (Å²) in [5.41, 5.74) is 1.17. The zero-order chi connectivity index (χ0) is 21.3. The average Bonchev–Trinajstić information content (AvgIpc) is 3.27. The number of fused-ring (bicyclic) bond motifs is 5. The van der Waals surface area contributed by atoms with Crippen molar-refractivity contribution in [3.05, 3.63) is 23.5 Å². The molecule has 7 atom stereocenters. The fraction of sp³-hybridized carbons (Fsp3) is 0.800. The number of carbonyl (C=O) groups excluding carboxylic acids is 1. The molecule has 1 aliphatic heterocycles. The molecule has 1 N–H and O–H groups in total. The van der Waals surface area contributed by atoms with E-state index < -0.39 is 5.79 Å². The highest BCUT2D eigenvalue weighted by molar-refractivity contribution is 5.66. The Morgan fingerprint density at radius 2 is 1.90 bits per heavy atom. The lowest BCUT2D eigenvalue weighted by Gasteiger charge is -2.60. The van der Waals surface area contributed by atoms with Gasteiger partial charge in [0.2, 0.25) is 0 Å². The van der Waals surface area contributed by atoms with Crippen LogP contribution in [0.15, 0.2) is 23.5 Å². The minimum absolute atomic E-state index is 0.0389. The van der Waals surface area contributed by atoms with Crippen LogP contribution < -0.4 is 0 Å². The maximum absolute atomic E-state index is 12.2. The molecule has 5 rings (SSSR count). The van der Waals surface area contributed by atoms with E-state index in [1.807, 2.05) is 6.08 Å². The predicted octanol–water partition coefficient (Wildman–Crippen LogP) is 4.92. The van der Waals surface area contributed by atoms with Crippen molar-refractivity contribution in [2.24, 2.45) is 34.5 Å². The van der Waals surface area contributed by atoms with Crippen molar-refractivity contribution in [2.75, 3.05) is 13.2 Å². The van der Waals surface area contributed by atoms with Crippen molar-refractivity contribution in [3.63, 3.8) is 0 Å². The zero-order valence-corrected chi connectivity index (χ0v) is 18.8. The Hall–Kier alpha value is -1.33. The molecule has 1 heterocycles. The van der Waals surface area contributed by atoms with Crippen molar-refractivity contribution in [2.45, 2.75) is 78.1 Å². The lowest BCUT2D eigenvalue weighted by molar-refractivity contribution is -0.239. The van der Waals surface area contributed by atoms with Crippen molar-refractivity contribution in [1.29, 1.82) is 0 Å². The Morgan fingerprint density at radius 3 is 2.60 bits per heavy atom. The highest BCUT2D eigenvalue weighted by Crippen LogP contribution is 2.68. The maximum atomic E-state index is 12.2. The van der Waals surface area contributed by atoms with E-state index in [0.717, 1.165) is 38.5 Å². The molecule has 0 aromatic rings. The number of esters is 1. The molecular weight excluding hydrogens is 380 g/mol. The molecule has 3 fully saturated rings. The van der Waals surface area contributed by atoms with Crippen LogP contribution in [0.25, 0.3) is 0 Å². The third kappa shape index (κ3) is 2.77. The molecule has 0 amide bonds. The topological polar surface area (TPSA) is 65.0 Å². The summed E-state index contributed by atoms with van der Waals surface area (Å²) in [5.74, 6) is 1.44. The van der Waals surface area contributed by atoms with E-state index >= 15 is 0 Å². The molecule has 0 aromatic carbocycles. The van der Waals surface area contributed by atoms with Gasteiger partial charge < -0.3 is 19.3 Å². The lowest BCUT2D eigenvalue weighted by atomic mass is 9.47. The van der Waals surface area contributed by atoms with Gasteiger partial charge in [-0.2, -0.15) is 0 Å². The van der Waals surface area contributed by atoms with Crippen LogP contribution in [0.4, 0.5) is 0 Å². The summed E-state index contributed by atoms with van der Waals surface area (Å²) in [4.78, 5) is 12.2. The number of hydrogen-bond donors (Lipinski definition) is 1. The van der Waals surface area contributed by atoms with Crippen molar-refractivity contribution >= 4 is 5.97 Å². The molecule has 5 aliphatic rings. The molecule has 0 radical (unpaired) electrons. The summed E-state index contributed by atoms with van der Waals surface area (Å²) in [6, 6.07) is 0. The maximum Gasteiger partial charge on any atom is 0.302 e. The van der Waals surface area contributed by atoms with Gasteiger partial charge in [-0.1, -0.05) is 19.9 Å². The Labute approximate surface area is 179 Å². The van der Waals surface area contributed by atoms with E-state index in [4.69, 9.17) is 14.2 Å². The van der Waals surface area contributed by atoms with Gasteiger partial charge in [-0.3, -0.25) is 4.79 Å². The minimum Gasteiger partial charge on any atom is -0.512 e. The van der Waals surface area contributed by atoms with Gasteiger partial charge in [0.05, 0.1) is 19.0 Å². The van der Waals surface area contributed by atoms with Gasteiger partial charge in [0, 0.05) is 24.7 Å². The van der Waals surface area contributed by atoms with Crippen LogP contribution in [0.2, 0.25) is 0 Å². The van der Waals surface area contributed by atoms with Crippen LogP contribution in [-0.2, 0) is 19.0 Å². The third-order valence-electron chi connectivity index (χ3n) is 9.62. The summed E-state index contributed by atoms with van der Waals surface area (Å²) < 4.78 is 18.4. The lowest BCUT2D eigenvalue weighted by Crippen LogP contribution is -2.59. The zero-order valence-electron chi connectivity index (χ0n) is 18.8. The van der Waals surface area contributed by atoms with Gasteiger partial charge in [-0.25, -0.2) is 0 Å². The number of aliphatic hydroxyl groups excluding tert-OH is 1. The highest BCUT2D eigenvalue weighted by atomic mass is 16.7. The van der Waals surface area contributed by atoms with Gasteiger partial charge in [-0.15, -0.1) is 0 Å². The van der Waals surface area contributed by atoms with Gasteiger partial charge in [0.15, 0.2) is 5.79 Å². The van der Waals surface area contributed by atoms with E-state index in [0.29, 0.717) is 36.7 Å². The van der Waals surface area contributed by atoms with E-state index in [1.54, 1.807) is 0 Å². The number of allylic oxidation sites excluding steroid dienone is 4. The molecule has 166 valence electrons. The monoisotopic (exact) mass is 416 g/mol. The first kappa shape index (κ1) is 20.6. The van der Waals surface area contributed by atoms with Crippen LogP contribution in [0, 0.1) is 34.5 Å². The Morgan fingerprint density at radius 1 is 1.17 bits per heavy atom. The van der Waals surface area contributed by atoms with Crippen LogP contribution in [-0.4, -0.2) is 36.2 Å². The second kappa shape index (κ2) is 6.83. The van der Waals surface area contributed by atoms with E-state index in [2.05, 4.69) is 26.8 Å². The number of rotatable bonds is 2.